The number of aromatic nitrogens is 3. The van der Waals surface area contributed by atoms with Gasteiger partial charge in [0.2, 0.25) is 0 Å². The van der Waals surface area contributed by atoms with Crippen LogP contribution >= 0.6 is 0 Å². The highest BCUT2D eigenvalue weighted by molar-refractivity contribution is 5.86. The van der Waals surface area contributed by atoms with Crippen LogP contribution < -0.4 is 10.1 Å². The Kier molecular flexibility index (Phi) is 3.94. The lowest BCUT2D eigenvalue weighted by Gasteiger charge is -2.27. The van der Waals surface area contributed by atoms with Crippen molar-refractivity contribution in [2.75, 3.05) is 11.9 Å². The van der Waals surface area contributed by atoms with Gasteiger partial charge in [-0.25, -0.2) is 23.5 Å². The maximum atomic E-state index is 14.4. The van der Waals surface area contributed by atoms with E-state index in [4.69, 9.17) is 4.74 Å². The molecule has 0 bridgehead atoms. The van der Waals surface area contributed by atoms with Crippen LogP contribution in [-0.2, 0) is 0 Å². The third-order valence-electron chi connectivity index (χ3n) is 4.68. The Morgan fingerprint density at radius 2 is 2.11 bits per heavy atom. The number of halogens is 2. The first-order chi connectivity index (χ1) is 12.8. The maximum Gasteiger partial charge on any atom is 0.356 e. The van der Waals surface area contributed by atoms with Crippen molar-refractivity contribution < 1.29 is 23.4 Å². The Balaban J connectivity index is 1.84. The van der Waals surface area contributed by atoms with Gasteiger partial charge in [-0.1, -0.05) is 0 Å². The number of carboxylic acids is 1. The summed E-state index contributed by atoms with van der Waals surface area (Å²) < 4.78 is 34.9. The normalized spacial score (nSPS) is 16.1. The van der Waals surface area contributed by atoms with Gasteiger partial charge in [-0.2, -0.15) is 0 Å². The minimum absolute atomic E-state index is 0.123. The number of aryl methyl sites for hydroxylation is 2. The monoisotopic (exact) mass is 374 g/mol. The molecule has 4 rings (SSSR count). The minimum Gasteiger partial charge on any atom is -0.493 e. The molecule has 0 spiro atoms. The molecule has 2 aromatic heterocycles. The Hall–Kier alpha value is -3.23. The third-order valence-corrected chi connectivity index (χ3v) is 4.68. The topological polar surface area (TPSA) is 88.8 Å². The zero-order valence-corrected chi connectivity index (χ0v) is 14.6. The third kappa shape index (κ3) is 2.84. The lowest BCUT2D eigenvalue weighted by molar-refractivity contribution is 0.0690. The molecule has 1 aromatic carbocycles. The van der Waals surface area contributed by atoms with E-state index in [2.05, 4.69) is 15.3 Å². The van der Waals surface area contributed by atoms with E-state index in [9.17, 15) is 18.7 Å². The fraction of sp³-hybridized carbons (Fsp3) is 0.278. The molecule has 1 unspecified atom stereocenters. The van der Waals surface area contributed by atoms with E-state index in [1.807, 2.05) is 6.92 Å². The first-order valence-electron chi connectivity index (χ1n) is 8.33. The Morgan fingerprint density at radius 1 is 1.33 bits per heavy atom. The van der Waals surface area contributed by atoms with Gasteiger partial charge >= 0.3 is 5.97 Å². The number of fused-ring (bicyclic) bond motifs is 2. The molecule has 0 saturated heterocycles. The molecule has 9 heteroatoms. The number of ether oxygens (including phenoxy) is 1. The number of benzene rings is 1. The van der Waals surface area contributed by atoms with Crippen LogP contribution in [0.1, 0.15) is 39.9 Å². The molecule has 3 heterocycles. The average Bonchev–Trinajstić information content (AvgIpc) is 2.89. The van der Waals surface area contributed by atoms with E-state index in [1.165, 1.54) is 6.20 Å². The van der Waals surface area contributed by atoms with Gasteiger partial charge in [0.05, 0.1) is 23.9 Å². The molecule has 0 amide bonds. The lowest BCUT2D eigenvalue weighted by atomic mass is 9.99. The van der Waals surface area contributed by atoms with Crippen LogP contribution in [0.3, 0.4) is 0 Å². The summed E-state index contributed by atoms with van der Waals surface area (Å²) in [4.78, 5) is 20.0. The van der Waals surface area contributed by atoms with Gasteiger partial charge in [-0.3, -0.25) is 4.40 Å². The van der Waals surface area contributed by atoms with Crippen LogP contribution in [0.5, 0.6) is 5.75 Å². The van der Waals surface area contributed by atoms with Gasteiger partial charge in [0, 0.05) is 30.4 Å². The molecule has 1 atom stereocenters. The molecule has 0 fully saturated rings. The second-order valence-electron chi connectivity index (χ2n) is 6.39. The van der Waals surface area contributed by atoms with E-state index < -0.39 is 23.6 Å². The van der Waals surface area contributed by atoms with Crippen LogP contribution in [0.25, 0.3) is 5.65 Å². The molecular weight excluding hydrogens is 358 g/mol. The van der Waals surface area contributed by atoms with Crippen LogP contribution in [0.15, 0.2) is 18.3 Å². The molecule has 2 N–H and O–H groups in total. The first kappa shape index (κ1) is 17.2. The number of hydrogen-bond acceptors (Lipinski definition) is 5. The van der Waals surface area contributed by atoms with Crippen molar-refractivity contribution in [3.05, 3.63) is 52.6 Å². The largest absolute Gasteiger partial charge is 0.493 e. The summed E-state index contributed by atoms with van der Waals surface area (Å²) in [5, 5.41) is 12.4. The van der Waals surface area contributed by atoms with E-state index in [1.54, 1.807) is 11.3 Å². The van der Waals surface area contributed by atoms with Gasteiger partial charge in [-0.05, 0) is 13.8 Å². The average molecular weight is 374 g/mol. The molecule has 1 aliphatic rings. The highest BCUT2D eigenvalue weighted by Gasteiger charge is 2.28. The van der Waals surface area contributed by atoms with E-state index in [-0.39, 0.29) is 29.4 Å². The fourth-order valence-electron chi connectivity index (χ4n) is 3.23. The fourth-order valence-corrected chi connectivity index (χ4v) is 3.23. The highest BCUT2D eigenvalue weighted by Crippen LogP contribution is 2.37. The van der Waals surface area contributed by atoms with Crippen molar-refractivity contribution in [1.82, 2.24) is 14.4 Å². The molecule has 27 heavy (non-hydrogen) atoms. The smallest absolute Gasteiger partial charge is 0.356 e. The number of anilines is 1. The van der Waals surface area contributed by atoms with Gasteiger partial charge in [0.1, 0.15) is 17.4 Å². The number of aromatic carboxylic acids is 1. The Morgan fingerprint density at radius 3 is 2.85 bits per heavy atom. The second kappa shape index (κ2) is 6.19. The standard InChI is InChI=1S/C18H16F2N4O3/c1-8-9(2)24-7-13(18(25)26)23-16(17(24)21-8)22-12-3-4-27-14-6-10(19)5-11(20)15(12)14/h5-7,12H,3-4H2,1-2H3,(H,22,23)(H,25,26). The summed E-state index contributed by atoms with van der Waals surface area (Å²) in [6.07, 6.45) is 1.80. The number of imidazole rings is 1. The zero-order chi connectivity index (χ0) is 19.3. The van der Waals surface area contributed by atoms with E-state index >= 15 is 0 Å². The van der Waals surface area contributed by atoms with Crippen LogP contribution in [0.2, 0.25) is 0 Å². The molecule has 1 aliphatic heterocycles. The van der Waals surface area contributed by atoms with Gasteiger partial charge in [-0.15, -0.1) is 0 Å². The van der Waals surface area contributed by atoms with Crippen molar-refractivity contribution in [2.24, 2.45) is 0 Å². The molecule has 0 saturated carbocycles. The van der Waals surface area contributed by atoms with Crippen LogP contribution in [0.4, 0.5) is 14.6 Å². The molecule has 140 valence electrons. The summed E-state index contributed by atoms with van der Waals surface area (Å²) in [7, 11) is 0. The number of nitrogens with zero attached hydrogens (tertiary/aromatic N) is 3. The number of hydrogen-bond donors (Lipinski definition) is 2. The summed E-state index contributed by atoms with van der Waals surface area (Å²) in [5.41, 5.74) is 1.95. The van der Waals surface area contributed by atoms with Crippen molar-refractivity contribution >= 4 is 17.4 Å². The van der Waals surface area contributed by atoms with Crippen molar-refractivity contribution in [1.29, 1.82) is 0 Å². The van der Waals surface area contributed by atoms with Gasteiger partial charge < -0.3 is 15.2 Å². The summed E-state index contributed by atoms with van der Waals surface area (Å²) in [6.45, 7) is 3.88. The number of rotatable bonds is 3. The van der Waals surface area contributed by atoms with Crippen molar-refractivity contribution in [3.8, 4) is 5.75 Å². The summed E-state index contributed by atoms with van der Waals surface area (Å²) in [6, 6.07) is 1.36. The van der Waals surface area contributed by atoms with E-state index in [0.29, 0.717) is 12.1 Å². The van der Waals surface area contributed by atoms with Gasteiger partial charge in [0.15, 0.2) is 17.2 Å². The first-order valence-corrected chi connectivity index (χ1v) is 8.33. The zero-order valence-electron chi connectivity index (χ0n) is 14.6. The van der Waals surface area contributed by atoms with Crippen molar-refractivity contribution in [3.63, 3.8) is 0 Å². The van der Waals surface area contributed by atoms with Crippen LogP contribution in [-0.4, -0.2) is 32.1 Å². The quantitative estimate of drug-likeness (QED) is 0.732. The molecule has 0 radical (unpaired) electrons. The Bertz CT molecular complexity index is 1080. The van der Waals surface area contributed by atoms with Gasteiger partial charge in [0.25, 0.3) is 0 Å². The second-order valence-corrected chi connectivity index (χ2v) is 6.39. The summed E-state index contributed by atoms with van der Waals surface area (Å²) >= 11 is 0. The summed E-state index contributed by atoms with van der Waals surface area (Å²) in [5.74, 6) is -2.31. The van der Waals surface area contributed by atoms with Crippen molar-refractivity contribution in [2.45, 2.75) is 26.3 Å². The highest BCUT2D eigenvalue weighted by atomic mass is 19.1. The maximum absolute atomic E-state index is 14.4. The molecule has 7 nitrogen and oxygen atoms in total. The number of carboxylic acid groups (broad SMARTS) is 1. The SMILES string of the molecule is Cc1nc2c(NC3CCOc4cc(F)cc(F)c43)nc(C(=O)O)cn2c1C. The predicted molar refractivity (Wildman–Crippen MR) is 92.3 cm³/mol. The molecule has 3 aromatic rings. The predicted octanol–water partition coefficient (Wildman–Crippen LogP) is 3.26. The number of nitrogens with one attached hydrogen (secondary N) is 1. The van der Waals surface area contributed by atoms with Crippen LogP contribution in [0, 0.1) is 25.5 Å². The lowest BCUT2D eigenvalue weighted by Crippen LogP contribution is -2.23. The molecular formula is C18H16F2N4O3. The Labute approximate surface area is 152 Å². The number of carbonyl (C=O) groups is 1. The molecule has 0 aliphatic carbocycles. The minimum atomic E-state index is -1.19. The van der Waals surface area contributed by atoms with E-state index in [0.717, 1.165) is 23.5 Å².